The predicted octanol–water partition coefficient (Wildman–Crippen LogP) is 1.84. The number of aromatic nitrogens is 5. The van der Waals surface area contributed by atoms with Crippen molar-refractivity contribution >= 4 is 16.9 Å². The minimum absolute atomic E-state index is 0.265. The van der Waals surface area contributed by atoms with E-state index in [4.69, 9.17) is 0 Å². The van der Waals surface area contributed by atoms with E-state index >= 15 is 0 Å². The maximum absolute atomic E-state index is 12.8. The molecule has 0 saturated carbocycles. The van der Waals surface area contributed by atoms with Crippen LogP contribution in [-0.4, -0.2) is 23.1 Å². The van der Waals surface area contributed by atoms with Gasteiger partial charge in [0.05, 0.1) is 0 Å². The van der Waals surface area contributed by atoms with Gasteiger partial charge in [-0.15, -0.1) is 0 Å². The second kappa shape index (κ2) is 5.40. The van der Waals surface area contributed by atoms with Crippen molar-refractivity contribution in [1.82, 2.24) is 23.1 Å². The van der Waals surface area contributed by atoms with Crippen molar-refractivity contribution in [2.45, 2.75) is 53.1 Å². The van der Waals surface area contributed by atoms with Gasteiger partial charge in [-0.25, -0.2) is 4.79 Å². The van der Waals surface area contributed by atoms with E-state index in [-0.39, 0.29) is 17.3 Å². The molecule has 0 saturated heterocycles. The van der Waals surface area contributed by atoms with E-state index in [1.807, 2.05) is 24.4 Å². The first-order chi connectivity index (χ1) is 10.9. The average molecular weight is 317 g/mol. The van der Waals surface area contributed by atoms with Crippen LogP contribution in [0, 0.1) is 6.92 Å². The molecule has 3 aromatic heterocycles. The third-order valence-electron chi connectivity index (χ3n) is 4.55. The van der Waals surface area contributed by atoms with Crippen molar-refractivity contribution in [2.24, 2.45) is 7.05 Å². The van der Waals surface area contributed by atoms with Crippen LogP contribution in [0.1, 0.15) is 45.3 Å². The Bertz CT molecular complexity index is 1000. The van der Waals surface area contributed by atoms with Gasteiger partial charge in [0.2, 0.25) is 5.78 Å². The van der Waals surface area contributed by atoms with Crippen LogP contribution in [0.3, 0.4) is 0 Å². The highest BCUT2D eigenvalue weighted by atomic mass is 16.2. The smallest absolute Gasteiger partial charge is 0.311 e. The largest absolute Gasteiger partial charge is 0.332 e. The lowest BCUT2D eigenvalue weighted by molar-refractivity contribution is 0.532. The molecule has 0 aliphatic carbocycles. The Morgan fingerprint density at radius 1 is 1.26 bits per heavy atom. The third-order valence-corrected chi connectivity index (χ3v) is 4.55. The fourth-order valence-electron chi connectivity index (χ4n) is 3.18. The van der Waals surface area contributed by atoms with Crippen LogP contribution in [0.2, 0.25) is 0 Å². The van der Waals surface area contributed by atoms with E-state index in [1.54, 1.807) is 7.05 Å². The summed E-state index contributed by atoms with van der Waals surface area (Å²) in [4.78, 5) is 29.8. The van der Waals surface area contributed by atoms with Gasteiger partial charge in [0.15, 0.2) is 11.2 Å². The monoisotopic (exact) mass is 317 g/mol. The molecule has 7 heteroatoms. The molecule has 0 aromatic carbocycles. The zero-order valence-corrected chi connectivity index (χ0v) is 14.3. The summed E-state index contributed by atoms with van der Waals surface area (Å²) < 4.78 is 6.71. The van der Waals surface area contributed by atoms with Crippen molar-refractivity contribution < 1.29 is 0 Å². The van der Waals surface area contributed by atoms with Crippen LogP contribution in [0.5, 0.6) is 0 Å². The number of aryl methyl sites for hydroxylation is 2. The van der Waals surface area contributed by atoms with Crippen molar-refractivity contribution in [2.75, 3.05) is 0 Å². The van der Waals surface area contributed by atoms with Crippen LogP contribution in [0.15, 0.2) is 15.8 Å². The second-order valence-corrected chi connectivity index (χ2v) is 6.15. The van der Waals surface area contributed by atoms with Gasteiger partial charge in [-0.2, -0.15) is 4.98 Å². The van der Waals surface area contributed by atoms with Gasteiger partial charge in [-0.05, 0) is 26.7 Å². The lowest BCUT2D eigenvalue weighted by atomic mass is 10.2. The Balaban J connectivity index is 2.50. The van der Waals surface area contributed by atoms with Gasteiger partial charge in [-0.1, -0.05) is 13.8 Å². The van der Waals surface area contributed by atoms with E-state index in [0.29, 0.717) is 23.5 Å². The number of hydrogen-bond donors (Lipinski definition) is 0. The highest BCUT2D eigenvalue weighted by Gasteiger charge is 2.21. The van der Waals surface area contributed by atoms with Gasteiger partial charge in [-0.3, -0.25) is 18.3 Å². The summed E-state index contributed by atoms with van der Waals surface area (Å²) in [6, 6.07) is 0.277. The minimum atomic E-state index is -0.308. The van der Waals surface area contributed by atoms with Crippen molar-refractivity contribution in [3.8, 4) is 0 Å². The van der Waals surface area contributed by atoms with Crippen LogP contribution in [0.25, 0.3) is 16.9 Å². The standard InChI is InChI=1S/C16H23N5O2/c1-6-8-19-14(22)12-13(18(5)16(19)23)17-15-20(12)9-11(4)21(15)10(3)7-2/h9-10H,6-8H2,1-5H3/t10-/m0/s1. The highest BCUT2D eigenvalue weighted by Crippen LogP contribution is 2.22. The van der Waals surface area contributed by atoms with Crippen molar-refractivity contribution in [3.63, 3.8) is 0 Å². The number of nitrogens with zero attached hydrogens (tertiary/aromatic N) is 5. The zero-order chi connectivity index (χ0) is 16.9. The summed E-state index contributed by atoms with van der Waals surface area (Å²) in [5.41, 5.74) is 1.40. The fraction of sp³-hybridized carbons (Fsp3) is 0.562. The quantitative estimate of drug-likeness (QED) is 0.737. The molecule has 0 fully saturated rings. The molecule has 3 aromatic rings. The first-order valence-electron chi connectivity index (χ1n) is 8.11. The SMILES string of the molecule is CCCn1c(=O)c2c(nc3n([C@@H](C)CC)c(C)cn23)n(C)c1=O. The first-order valence-corrected chi connectivity index (χ1v) is 8.11. The molecule has 0 amide bonds. The van der Waals surface area contributed by atoms with Crippen LogP contribution in [0.4, 0.5) is 0 Å². The normalized spacial score (nSPS) is 13.3. The van der Waals surface area contributed by atoms with Crippen LogP contribution < -0.4 is 11.2 Å². The topological polar surface area (TPSA) is 66.2 Å². The summed E-state index contributed by atoms with van der Waals surface area (Å²) in [6.07, 6.45) is 3.63. The van der Waals surface area contributed by atoms with Crippen LogP contribution in [-0.2, 0) is 13.6 Å². The Kier molecular flexibility index (Phi) is 3.66. The van der Waals surface area contributed by atoms with Crippen molar-refractivity contribution in [1.29, 1.82) is 0 Å². The number of hydrogen-bond acceptors (Lipinski definition) is 3. The summed E-state index contributed by atoms with van der Waals surface area (Å²) in [7, 11) is 1.67. The average Bonchev–Trinajstić information content (AvgIpc) is 3.03. The molecule has 3 heterocycles. The molecule has 0 aliphatic rings. The number of fused-ring (bicyclic) bond motifs is 3. The minimum Gasteiger partial charge on any atom is -0.311 e. The Morgan fingerprint density at radius 3 is 2.57 bits per heavy atom. The molecule has 0 radical (unpaired) electrons. The highest BCUT2D eigenvalue weighted by molar-refractivity contribution is 5.75. The third kappa shape index (κ3) is 2.06. The van der Waals surface area contributed by atoms with Gasteiger partial charge in [0.25, 0.3) is 5.56 Å². The Hall–Kier alpha value is -2.31. The molecule has 0 N–H and O–H groups in total. The Labute approximate surface area is 133 Å². The summed E-state index contributed by atoms with van der Waals surface area (Å²) >= 11 is 0. The van der Waals surface area contributed by atoms with Crippen molar-refractivity contribution in [3.05, 3.63) is 32.7 Å². The molecule has 23 heavy (non-hydrogen) atoms. The molecule has 0 spiro atoms. The fourth-order valence-corrected chi connectivity index (χ4v) is 3.18. The Morgan fingerprint density at radius 2 is 1.96 bits per heavy atom. The number of rotatable bonds is 4. The molecule has 0 aliphatic heterocycles. The molecular formula is C16H23N5O2. The van der Waals surface area contributed by atoms with Gasteiger partial charge in [0.1, 0.15) is 0 Å². The van der Waals surface area contributed by atoms with Crippen LogP contribution >= 0.6 is 0 Å². The summed E-state index contributed by atoms with van der Waals surface area (Å²) in [5.74, 6) is 0.716. The maximum Gasteiger partial charge on any atom is 0.332 e. The van der Waals surface area contributed by atoms with E-state index in [2.05, 4.69) is 23.4 Å². The molecule has 7 nitrogen and oxygen atoms in total. The predicted molar refractivity (Wildman–Crippen MR) is 90.2 cm³/mol. The van der Waals surface area contributed by atoms with E-state index in [0.717, 1.165) is 18.5 Å². The second-order valence-electron chi connectivity index (χ2n) is 6.15. The van der Waals surface area contributed by atoms with Gasteiger partial charge >= 0.3 is 5.69 Å². The lowest BCUT2D eigenvalue weighted by Gasteiger charge is -2.12. The first kappa shape index (κ1) is 15.6. The van der Waals surface area contributed by atoms with E-state index in [9.17, 15) is 9.59 Å². The molecule has 0 bridgehead atoms. The molecule has 0 unspecified atom stereocenters. The summed E-state index contributed by atoms with van der Waals surface area (Å²) in [6.45, 7) is 8.62. The zero-order valence-electron chi connectivity index (χ0n) is 14.3. The lowest BCUT2D eigenvalue weighted by Crippen LogP contribution is -2.39. The molecule has 1 atom stereocenters. The van der Waals surface area contributed by atoms with E-state index < -0.39 is 0 Å². The van der Waals surface area contributed by atoms with E-state index in [1.165, 1.54) is 9.13 Å². The molecule has 124 valence electrons. The molecular weight excluding hydrogens is 294 g/mol. The van der Waals surface area contributed by atoms with Gasteiger partial charge in [0, 0.05) is 31.5 Å². The maximum atomic E-state index is 12.8. The number of imidazole rings is 2. The summed E-state index contributed by atoms with van der Waals surface area (Å²) in [5, 5.41) is 0. The van der Waals surface area contributed by atoms with Gasteiger partial charge < -0.3 is 4.57 Å². The molecule has 3 rings (SSSR count).